The Morgan fingerprint density at radius 2 is 2.20 bits per heavy atom. The molecule has 1 saturated carbocycles. The smallest absolute Gasteiger partial charge is 0.243 e. The van der Waals surface area contributed by atoms with Crippen LogP contribution in [-0.2, 0) is 4.79 Å². The standard InChI is InChI=1S/C13H13F2N3OS/c1-6(12(19)16-8-2-3-8)18-10-5-7(14)4-9(15)11(10)17-13(18)20/h4-6,8H,2-3H2,1H3,(H,16,19)(H,17,20). The first-order chi connectivity index (χ1) is 9.47. The number of fused-ring (bicyclic) bond motifs is 1. The van der Waals surface area contributed by atoms with Gasteiger partial charge in [0.15, 0.2) is 10.6 Å². The summed E-state index contributed by atoms with van der Waals surface area (Å²) >= 11 is 5.12. The Hall–Kier alpha value is -1.76. The minimum Gasteiger partial charge on any atom is -0.352 e. The van der Waals surface area contributed by atoms with Crippen molar-refractivity contribution < 1.29 is 13.6 Å². The van der Waals surface area contributed by atoms with E-state index in [1.165, 1.54) is 10.6 Å². The van der Waals surface area contributed by atoms with Crippen molar-refractivity contribution in [2.45, 2.75) is 31.8 Å². The van der Waals surface area contributed by atoms with Crippen molar-refractivity contribution in [1.29, 1.82) is 0 Å². The predicted molar refractivity (Wildman–Crippen MR) is 72.9 cm³/mol. The second-order valence-corrected chi connectivity index (χ2v) is 5.43. The Kier molecular flexibility index (Phi) is 3.08. The lowest BCUT2D eigenvalue weighted by Crippen LogP contribution is -2.32. The number of benzene rings is 1. The Labute approximate surface area is 118 Å². The summed E-state index contributed by atoms with van der Waals surface area (Å²) in [5.74, 6) is -1.62. The zero-order chi connectivity index (χ0) is 14.4. The molecule has 1 aliphatic carbocycles. The number of imidazole rings is 1. The zero-order valence-corrected chi connectivity index (χ0v) is 11.6. The van der Waals surface area contributed by atoms with Gasteiger partial charge in [0.1, 0.15) is 17.4 Å². The highest BCUT2D eigenvalue weighted by molar-refractivity contribution is 7.71. The van der Waals surface area contributed by atoms with Crippen molar-refractivity contribution in [2.75, 3.05) is 0 Å². The number of halogens is 2. The summed E-state index contributed by atoms with van der Waals surface area (Å²) < 4.78 is 28.7. The number of rotatable bonds is 3. The van der Waals surface area contributed by atoms with E-state index in [0.717, 1.165) is 18.9 Å². The molecule has 7 heteroatoms. The normalized spacial score (nSPS) is 16.4. The van der Waals surface area contributed by atoms with Crippen molar-refractivity contribution in [3.05, 3.63) is 28.5 Å². The molecule has 1 fully saturated rings. The maximum absolute atomic E-state index is 13.7. The van der Waals surface area contributed by atoms with Crippen LogP contribution in [-0.4, -0.2) is 21.5 Å². The molecule has 1 amide bonds. The third-order valence-electron chi connectivity index (χ3n) is 3.43. The first kappa shape index (κ1) is 13.2. The number of aromatic amines is 1. The van der Waals surface area contributed by atoms with Gasteiger partial charge in [0.25, 0.3) is 0 Å². The van der Waals surface area contributed by atoms with Crippen LogP contribution >= 0.6 is 12.2 Å². The van der Waals surface area contributed by atoms with Gasteiger partial charge in [-0.2, -0.15) is 0 Å². The molecule has 1 heterocycles. The summed E-state index contributed by atoms with van der Waals surface area (Å²) in [5.41, 5.74) is 0.369. The molecule has 0 radical (unpaired) electrons. The monoisotopic (exact) mass is 297 g/mol. The molecule has 2 aromatic rings. The van der Waals surface area contributed by atoms with Crippen LogP contribution in [0.15, 0.2) is 12.1 Å². The molecule has 106 valence electrons. The van der Waals surface area contributed by atoms with Crippen LogP contribution in [0.2, 0.25) is 0 Å². The lowest BCUT2D eigenvalue weighted by atomic mass is 10.2. The van der Waals surface area contributed by atoms with Gasteiger partial charge >= 0.3 is 0 Å². The average Bonchev–Trinajstić information content (AvgIpc) is 3.11. The van der Waals surface area contributed by atoms with Gasteiger partial charge in [0.05, 0.1) is 5.52 Å². The molecule has 1 unspecified atom stereocenters. The molecular weight excluding hydrogens is 284 g/mol. The predicted octanol–water partition coefficient (Wildman–Crippen LogP) is 2.82. The number of nitrogens with one attached hydrogen (secondary N) is 2. The fourth-order valence-electron chi connectivity index (χ4n) is 2.20. The maximum Gasteiger partial charge on any atom is 0.243 e. The van der Waals surface area contributed by atoms with Crippen molar-refractivity contribution in [3.63, 3.8) is 0 Å². The van der Waals surface area contributed by atoms with E-state index >= 15 is 0 Å². The summed E-state index contributed by atoms with van der Waals surface area (Å²) in [5, 5.41) is 2.86. The lowest BCUT2D eigenvalue weighted by molar-refractivity contribution is -0.123. The van der Waals surface area contributed by atoms with Gasteiger partial charge < -0.3 is 14.9 Å². The molecule has 0 bridgehead atoms. The van der Waals surface area contributed by atoms with E-state index in [2.05, 4.69) is 10.3 Å². The molecular formula is C13H13F2N3OS. The van der Waals surface area contributed by atoms with E-state index in [-0.39, 0.29) is 27.8 Å². The third-order valence-corrected chi connectivity index (χ3v) is 3.73. The molecule has 1 atom stereocenters. The Morgan fingerprint density at radius 1 is 1.50 bits per heavy atom. The quantitative estimate of drug-likeness (QED) is 0.856. The Bertz CT molecular complexity index is 748. The van der Waals surface area contributed by atoms with Gasteiger partial charge in [-0.1, -0.05) is 0 Å². The molecule has 0 aliphatic heterocycles. The molecule has 2 N–H and O–H groups in total. The number of carbonyl (C=O) groups excluding carboxylic acids is 1. The van der Waals surface area contributed by atoms with E-state index < -0.39 is 17.7 Å². The molecule has 20 heavy (non-hydrogen) atoms. The van der Waals surface area contributed by atoms with Crippen LogP contribution in [0.3, 0.4) is 0 Å². The number of hydrogen-bond donors (Lipinski definition) is 2. The second kappa shape index (κ2) is 4.66. The molecule has 1 aromatic heterocycles. The van der Waals surface area contributed by atoms with Crippen molar-refractivity contribution in [2.24, 2.45) is 0 Å². The van der Waals surface area contributed by atoms with Crippen LogP contribution in [0.5, 0.6) is 0 Å². The van der Waals surface area contributed by atoms with Crippen LogP contribution in [0.25, 0.3) is 11.0 Å². The van der Waals surface area contributed by atoms with Crippen LogP contribution in [0.1, 0.15) is 25.8 Å². The van der Waals surface area contributed by atoms with E-state index in [9.17, 15) is 13.6 Å². The Morgan fingerprint density at radius 3 is 2.85 bits per heavy atom. The number of nitrogens with zero attached hydrogens (tertiary/aromatic N) is 1. The number of carbonyl (C=O) groups is 1. The summed E-state index contributed by atoms with van der Waals surface area (Å²) in [4.78, 5) is 14.8. The van der Waals surface area contributed by atoms with E-state index in [4.69, 9.17) is 12.2 Å². The molecule has 0 saturated heterocycles. The minimum absolute atomic E-state index is 0.113. The SMILES string of the molecule is CC(C(=O)NC1CC1)n1c(=S)[nH]c2c(F)cc(F)cc21. The number of H-pyrrole nitrogens is 1. The number of amides is 1. The van der Waals surface area contributed by atoms with Gasteiger partial charge in [-0.05, 0) is 38.0 Å². The minimum atomic E-state index is -0.723. The van der Waals surface area contributed by atoms with Gasteiger partial charge in [0.2, 0.25) is 5.91 Å². The van der Waals surface area contributed by atoms with E-state index in [0.29, 0.717) is 0 Å². The van der Waals surface area contributed by atoms with Crippen LogP contribution in [0.4, 0.5) is 8.78 Å². The highest BCUT2D eigenvalue weighted by Crippen LogP contribution is 2.24. The van der Waals surface area contributed by atoms with Gasteiger partial charge in [0, 0.05) is 12.1 Å². The van der Waals surface area contributed by atoms with Crippen molar-refractivity contribution >= 4 is 29.2 Å². The van der Waals surface area contributed by atoms with Crippen molar-refractivity contribution in [3.8, 4) is 0 Å². The zero-order valence-electron chi connectivity index (χ0n) is 10.7. The van der Waals surface area contributed by atoms with Gasteiger partial charge in [-0.15, -0.1) is 0 Å². The van der Waals surface area contributed by atoms with E-state index in [1.54, 1.807) is 6.92 Å². The molecule has 1 aliphatic rings. The maximum atomic E-state index is 13.7. The first-order valence-electron chi connectivity index (χ1n) is 6.37. The molecule has 4 nitrogen and oxygen atoms in total. The molecule has 1 aromatic carbocycles. The lowest BCUT2D eigenvalue weighted by Gasteiger charge is -2.14. The third kappa shape index (κ3) is 2.22. The number of aromatic nitrogens is 2. The summed E-state index contributed by atoms with van der Waals surface area (Å²) in [7, 11) is 0. The fraction of sp³-hybridized carbons (Fsp3) is 0.385. The highest BCUT2D eigenvalue weighted by Gasteiger charge is 2.27. The van der Waals surface area contributed by atoms with Crippen LogP contribution in [0, 0.1) is 16.4 Å². The summed E-state index contributed by atoms with van der Waals surface area (Å²) in [6, 6.07) is 1.55. The Balaban J connectivity index is 2.07. The second-order valence-electron chi connectivity index (χ2n) is 5.04. The largest absolute Gasteiger partial charge is 0.352 e. The molecule has 3 rings (SSSR count). The summed E-state index contributed by atoms with van der Waals surface area (Å²) in [6.45, 7) is 1.66. The summed E-state index contributed by atoms with van der Waals surface area (Å²) in [6.07, 6.45) is 1.95. The highest BCUT2D eigenvalue weighted by atomic mass is 32.1. The van der Waals surface area contributed by atoms with Gasteiger partial charge in [-0.25, -0.2) is 8.78 Å². The first-order valence-corrected chi connectivity index (χ1v) is 6.78. The van der Waals surface area contributed by atoms with Crippen molar-refractivity contribution in [1.82, 2.24) is 14.9 Å². The van der Waals surface area contributed by atoms with Crippen LogP contribution < -0.4 is 5.32 Å². The number of hydrogen-bond acceptors (Lipinski definition) is 2. The fourth-order valence-corrected chi connectivity index (χ4v) is 2.56. The van der Waals surface area contributed by atoms with Gasteiger partial charge in [-0.3, -0.25) is 4.79 Å². The molecule has 0 spiro atoms. The average molecular weight is 297 g/mol. The van der Waals surface area contributed by atoms with E-state index in [1.807, 2.05) is 0 Å². The topological polar surface area (TPSA) is 49.8 Å².